The molecule has 0 bridgehead atoms. The lowest BCUT2D eigenvalue weighted by molar-refractivity contribution is 0.0174. The van der Waals surface area contributed by atoms with Crippen molar-refractivity contribution in [1.29, 1.82) is 0 Å². The van der Waals surface area contributed by atoms with E-state index in [1.54, 1.807) is 24.7 Å². The van der Waals surface area contributed by atoms with E-state index in [0.29, 0.717) is 12.3 Å². The highest BCUT2D eigenvalue weighted by atomic mass is 19.3. The summed E-state index contributed by atoms with van der Waals surface area (Å²) in [6, 6.07) is 13.5. The molecule has 3 rings (SSSR count). The van der Waals surface area contributed by atoms with Crippen LogP contribution in [0.5, 0.6) is 5.75 Å². The quantitative estimate of drug-likeness (QED) is 0.436. The summed E-state index contributed by atoms with van der Waals surface area (Å²) in [6.07, 6.45) is 3.32. The SMILES string of the molecule is C/C(=N\OCc1ccc(C(C)(F)F)cc1)c1ccc(OCc2cnc[nH]2)cc1. The molecule has 7 heteroatoms. The highest BCUT2D eigenvalue weighted by Gasteiger charge is 2.23. The number of H-pyrrole nitrogens is 1. The molecule has 0 unspecified atom stereocenters. The maximum Gasteiger partial charge on any atom is 0.270 e. The van der Waals surface area contributed by atoms with E-state index in [2.05, 4.69) is 15.1 Å². The van der Waals surface area contributed by atoms with Crippen molar-refractivity contribution in [3.05, 3.63) is 83.4 Å². The van der Waals surface area contributed by atoms with Gasteiger partial charge in [0.15, 0.2) is 0 Å². The Balaban J connectivity index is 1.51. The van der Waals surface area contributed by atoms with Crippen LogP contribution in [0.2, 0.25) is 0 Å². The summed E-state index contributed by atoms with van der Waals surface area (Å²) >= 11 is 0. The van der Waals surface area contributed by atoms with Crippen molar-refractivity contribution >= 4 is 5.71 Å². The lowest BCUT2D eigenvalue weighted by Crippen LogP contribution is -2.06. The van der Waals surface area contributed by atoms with Crippen molar-refractivity contribution in [3.63, 3.8) is 0 Å². The lowest BCUT2D eigenvalue weighted by Gasteiger charge is -2.10. The van der Waals surface area contributed by atoms with Crippen molar-refractivity contribution in [2.45, 2.75) is 33.0 Å². The average Bonchev–Trinajstić information content (AvgIpc) is 3.20. The summed E-state index contributed by atoms with van der Waals surface area (Å²) in [5, 5.41) is 4.09. The van der Waals surface area contributed by atoms with Crippen molar-refractivity contribution in [1.82, 2.24) is 9.97 Å². The average molecular weight is 385 g/mol. The summed E-state index contributed by atoms with van der Waals surface area (Å²) in [4.78, 5) is 12.3. The molecule has 0 fully saturated rings. The molecule has 0 atom stereocenters. The first-order valence-corrected chi connectivity index (χ1v) is 8.76. The molecule has 3 aromatic rings. The van der Waals surface area contributed by atoms with Gasteiger partial charge in [-0.1, -0.05) is 29.4 Å². The van der Waals surface area contributed by atoms with Crippen LogP contribution in [0, 0.1) is 0 Å². The van der Waals surface area contributed by atoms with Gasteiger partial charge in [-0.25, -0.2) is 13.8 Å². The summed E-state index contributed by atoms with van der Waals surface area (Å²) in [5.74, 6) is -2.11. The van der Waals surface area contributed by atoms with Gasteiger partial charge in [0, 0.05) is 12.5 Å². The predicted molar refractivity (Wildman–Crippen MR) is 102 cm³/mol. The number of nitrogens with zero attached hydrogens (tertiary/aromatic N) is 2. The van der Waals surface area contributed by atoms with Crippen LogP contribution >= 0.6 is 0 Å². The van der Waals surface area contributed by atoms with Gasteiger partial charge in [0.1, 0.15) is 19.0 Å². The van der Waals surface area contributed by atoms with Crippen LogP contribution in [0.3, 0.4) is 0 Å². The molecule has 1 N–H and O–H groups in total. The lowest BCUT2D eigenvalue weighted by atomic mass is 10.1. The number of imidazole rings is 1. The molecule has 0 aliphatic carbocycles. The van der Waals surface area contributed by atoms with E-state index in [-0.39, 0.29) is 12.2 Å². The minimum absolute atomic E-state index is 0.0224. The van der Waals surface area contributed by atoms with Gasteiger partial charge < -0.3 is 14.6 Å². The fraction of sp³-hybridized carbons (Fsp3) is 0.238. The van der Waals surface area contributed by atoms with Gasteiger partial charge in [-0.2, -0.15) is 0 Å². The highest BCUT2D eigenvalue weighted by molar-refractivity contribution is 5.98. The van der Waals surface area contributed by atoms with Crippen molar-refractivity contribution in [3.8, 4) is 5.75 Å². The number of halogens is 2. The fourth-order valence-corrected chi connectivity index (χ4v) is 2.47. The Kier molecular flexibility index (Phi) is 6.03. The normalized spacial score (nSPS) is 12.1. The summed E-state index contributed by atoms with van der Waals surface area (Å²) in [6.45, 7) is 3.33. The van der Waals surface area contributed by atoms with Crippen LogP contribution in [-0.2, 0) is 24.0 Å². The maximum atomic E-state index is 13.2. The molecule has 5 nitrogen and oxygen atoms in total. The van der Waals surface area contributed by atoms with Crippen LogP contribution < -0.4 is 4.74 Å². The molecule has 0 saturated heterocycles. The van der Waals surface area contributed by atoms with Crippen LogP contribution in [-0.4, -0.2) is 15.7 Å². The summed E-state index contributed by atoms with van der Waals surface area (Å²) in [7, 11) is 0. The molecule has 0 spiro atoms. The second-order valence-electron chi connectivity index (χ2n) is 6.43. The molecular formula is C21H21F2N3O2. The zero-order chi connectivity index (χ0) is 20.0. The molecule has 0 saturated carbocycles. The van der Waals surface area contributed by atoms with E-state index in [0.717, 1.165) is 29.5 Å². The molecule has 0 aliphatic rings. The molecule has 0 amide bonds. The molecule has 2 aromatic carbocycles. The van der Waals surface area contributed by atoms with Crippen LogP contribution in [0.15, 0.2) is 66.2 Å². The second kappa shape index (κ2) is 8.65. The minimum atomic E-state index is -2.84. The number of alkyl halides is 2. The summed E-state index contributed by atoms with van der Waals surface area (Å²) < 4.78 is 32.1. The molecule has 0 radical (unpaired) electrons. The van der Waals surface area contributed by atoms with Gasteiger partial charge in [-0.3, -0.25) is 0 Å². The maximum absolute atomic E-state index is 13.2. The van der Waals surface area contributed by atoms with Gasteiger partial charge >= 0.3 is 0 Å². The number of oxime groups is 1. The van der Waals surface area contributed by atoms with Crippen molar-refractivity contribution in [2.75, 3.05) is 0 Å². The van der Waals surface area contributed by atoms with Gasteiger partial charge in [-0.05, 0) is 42.3 Å². The van der Waals surface area contributed by atoms with Crippen molar-refractivity contribution in [2.24, 2.45) is 5.16 Å². The molecule has 1 aromatic heterocycles. The third kappa shape index (κ3) is 5.39. The Bertz CT molecular complexity index is 900. The van der Waals surface area contributed by atoms with Crippen LogP contribution in [0.25, 0.3) is 0 Å². The highest BCUT2D eigenvalue weighted by Crippen LogP contribution is 2.26. The first-order valence-electron chi connectivity index (χ1n) is 8.76. The number of ether oxygens (including phenoxy) is 1. The Hall–Kier alpha value is -3.22. The fourth-order valence-electron chi connectivity index (χ4n) is 2.47. The first kappa shape index (κ1) is 19.5. The van der Waals surface area contributed by atoms with E-state index in [9.17, 15) is 8.78 Å². The van der Waals surface area contributed by atoms with Crippen LogP contribution in [0.4, 0.5) is 8.78 Å². The van der Waals surface area contributed by atoms with Crippen molar-refractivity contribution < 1.29 is 18.4 Å². The molecule has 28 heavy (non-hydrogen) atoms. The second-order valence-corrected chi connectivity index (χ2v) is 6.43. The molecule has 146 valence electrons. The molecular weight excluding hydrogens is 364 g/mol. The monoisotopic (exact) mass is 385 g/mol. The molecule has 1 heterocycles. The van der Waals surface area contributed by atoms with Gasteiger partial charge in [-0.15, -0.1) is 0 Å². The van der Waals surface area contributed by atoms with E-state index in [4.69, 9.17) is 9.57 Å². The zero-order valence-corrected chi connectivity index (χ0v) is 15.7. The Morgan fingerprint density at radius 3 is 2.39 bits per heavy atom. The number of hydrogen-bond acceptors (Lipinski definition) is 4. The number of nitrogens with one attached hydrogen (secondary N) is 1. The third-order valence-electron chi connectivity index (χ3n) is 4.11. The van der Waals surface area contributed by atoms with E-state index < -0.39 is 5.92 Å². The molecule has 0 aliphatic heterocycles. The first-order chi connectivity index (χ1) is 13.4. The zero-order valence-electron chi connectivity index (χ0n) is 15.7. The number of benzene rings is 2. The number of hydrogen-bond donors (Lipinski definition) is 1. The summed E-state index contributed by atoms with van der Waals surface area (Å²) in [5.41, 5.74) is 3.25. The van der Waals surface area contributed by atoms with Gasteiger partial charge in [0.05, 0.1) is 23.9 Å². The van der Waals surface area contributed by atoms with E-state index >= 15 is 0 Å². The Labute approximate surface area is 162 Å². The van der Waals surface area contributed by atoms with E-state index in [1.807, 2.05) is 31.2 Å². The Morgan fingerprint density at radius 2 is 1.79 bits per heavy atom. The number of aromatic nitrogens is 2. The van der Waals surface area contributed by atoms with Gasteiger partial charge in [0.2, 0.25) is 0 Å². The third-order valence-corrected chi connectivity index (χ3v) is 4.11. The smallest absolute Gasteiger partial charge is 0.270 e. The largest absolute Gasteiger partial charge is 0.487 e. The van der Waals surface area contributed by atoms with E-state index in [1.165, 1.54) is 12.1 Å². The Morgan fingerprint density at radius 1 is 1.07 bits per heavy atom. The topological polar surface area (TPSA) is 59.5 Å². The minimum Gasteiger partial charge on any atom is -0.487 e. The van der Waals surface area contributed by atoms with Crippen LogP contribution in [0.1, 0.15) is 36.2 Å². The predicted octanol–water partition coefficient (Wildman–Crippen LogP) is 5.04. The standard InChI is InChI=1S/C21H21F2N3O2/c1-15(26-28-12-16-3-7-18(8-4-16)21(2,22)23)17-5-9-20(10-6-17)27-13-19-11-24-14-25-19/h3-11,14H,12-13H2,1-2H3,(H,24,25)/b26-15+. The number of aromatic amines is 1. The van der Waals surface area contributed by atoms with Gasteiger partial charge in [0.25, 0.3) is 5.92 Å². The number of rotatable bonds is 8.